The molecule has 0 saturated heterocycles. The van der Waals surface area contributed by atoms with E-state index in [0.29, 0.717) is 0 Å². The van der Waals surface area contributed by atoms with Crippen molar-refractivity contribution in [2.45, 2.75) is 0 Å². The van der Waals surface area contributed by atoms with Crippen LogP contribution < -0.4 is 0 Å². The molecule has 0 bridgehead atoms. The molecule has 0 rings (SSSR count). The van der Waals surface area contributed by atoms with Gasteiger partial charge in [-0.1, -0.05) is 12.6 Å². The molecular formula is CH3KNS+. The zero-order chi connectivity index (χ0) is 2.71. The van der Waals surface area contributed by atoms with E-state index in [1.165, 1.54) is 5.40 Å². The van der Waals surface area contributed by atoms with Gasteiger partial charge in [0.25, 0.3) is 0 Å². The van der Waals surface area contributed by atoms with Crippen LogP contribution in [-0.2, 0) is 0 Å². The van der Waals surface area contributed by atoms with Crippen LogP contribution in [0.2, 0.25) is 0 Å². The van der Waals surface area contributed by atoms with Crippen molar-refractivity contribution in [2.24, 2.45) is 0 Å². The summed E-state index contributed by atoms with van der Waals surface area (Å²) in [6, 6.07) is 0. The van der Waals surface area contributed by atoms with Gasteiger partial charge in [0.1, 0.15) is 5.40 Å². The van der Waals surface area contributed by atoms with Crippen LogP contribution in [0.15, 0.2) is 0 Å². The Morgan fingerprint density at radius 2 is 2.00 bits per heavy atom. The van der Waals surface area contributed by atoms with E-state index in [4.69, 9.17) is 5.26 Å². The summed E-state index contributed by atoms with van der Waals surface area (Å²) in [5.41, 5.74) is 0. The third-order valence-electron chi connectivity index (χ3n) is 0. The molecule has 0 aromatic carbocycles. The van der Waals surface area contributed by atoms with Crippen molar-refractivity contribution in [2.75, 3.05) is 0 Å². The van der Waals surface area contributed by atoms with Gasteiger partial charge in [-0.3, -0.25) is 0 Å². The monoisotopic (exact) mass is 100.0 g/mol. The Bertz CT molecular complexity index is 33.1. The van der Waals surface area contributed by atoms with Gasteiger partial charge in [0, 0.05) is 0 Å². The molecule has 0 radical (unpaired) electrons. The molecule has 4 heavy (non-hydrogen) atoms. The predicted molar refractivity (Wildman–Crippen MR) is 22.9 cm³/mol. The van der Waals surface area contributed by atoms with Crippen LogP contribution in [-0.4, -0.2) is 51.4 Å². The van der Waals surface area contributed by atoms with Crippen molar-refractivity contribution < 1.29 is 1.43 Å². The second-order valence-electron chi connectivity index (χ2n) is 0.100. The number of thiocyanates is 1. The van der Waals surface area contributed by atoms with E-state index in [9.17, 15) is 0 Å². The van der Waals surface area contributed by atoms with Crippen molar-refractivity contribution in [1.82, 2.24) is 0 Å². The van der Waals surface area contributed by atoms with Crippen LogP contribution in [0, 0.1) is 10.7 Å². The molecule has 0 amide bonds. The average molecular weight is 100 g/mol. The summed E-state index contributed by atoms with van der Waals surface area (Å²) in [6.07, 6.45) is 0. The van der Waals surface area contributed by atoms with E-state index >= 15 is 0 Å². The van der Waals surface area contributed by atoms with E-state index in [-0.39, 0.29) is 52.8 Å². The number of nitriles is 1. The molecule has 0 unspecified atom stereocenters. The molecule has 0 aliphatic rings. The van der Waals surface area contributed by atoms with Crippen LogP contribution in [0.3, 0.4) is 0 Å². The number of rotatable bonds is 0. The normalized spacial score (nSPS) is 2.00. The van der Waals surface area contributed by atoms with E-state index in [2.05, 4.69) is 12.6 Å². The topological polar surface area (TPSA) is 23.8 Å². The Kier molecular flexibility index (Phi) is 20.0. The van der Waals surface area contributed by atoms with Crippen molar-refractivity contribution in [1.29, 1.82) is 5.26 Å². The Morgan fingerprint density at radius 3 is 2.00 bits per heavy atom. The second kappa shape index (κ2) is 8.82. The van der Waals surface area contributed by atoms with Crippen molar-refractivity contribution in [3.8, 4) is 5.40 Å². The minimum absolute atomic E-state index is 0. The third-order valence-corrected chi connectivity index (χ3v) is 0. The maximum atomic E-state index is 7.18. The number of hydrogen-bond acceptors (Lipinski definition) is 2. The first-order chi connectivity index (χ1) is 1.41. The molecule has 0 atom stereocenters. The van der Waals surface area contributed by atoms with Crippen LogP contribution in [0.25, 0.3) is 0 Å². The first-order valence-electron chi connectivity index (χ1n) is 0.447. The van der Waals surface area contributed by atoms with Gasteiger partial charge < -0.3 is 0 Å². The fourth-order valence-corrected chi connectivity index (χ4v) is 0. The maximum absolute atomic E-state index is 7.18. The van der Waals surface area contributed by atoms with Gasteiger partial charge >= 0.3 is 52.8 Å². The van der Waals surface area contributed by atoms with E-state index < -0.39 is 0 Å². The summed E-state index contributed by atoms with van der Waals surface area (Å²) >= 11 is 3.09. The Labute approximate surface area is 74.7 Å². The summed E-state index contributed by atoms with van der Waals surface area (Å²) in [7, 11) is 0. The molecule has 0 N–H and O–H groups in total. The van der Waals surface area contributed by atoms with Crippen LogP contribution in [0.4, 0.5) is 0 Å². The Balaban J connectivity index is -0.0000000200. The summed E-state index contributed by atoms with van der Waals surface area (Å²) in [4.78, 5) is 0. The summed E-state index contributed by atoms with van der Waals surface area (Å²) in [6.45, 7) is 0. The minimum atomic E-state index is 0. The van der Waals surface area contributed by atoms with Crippen molar-refractivity contribution in [3.05, 3.63) is 0 Å². The first-order valence-corrected chi connectivity index (χ1v) is 0.894. The van der Waals surface area contributed by atoms with Crippen LogP contribution >= 0.6 is 12.6 Å². The number of hydrogen-bond donors (Lipinski definition) is 1. The summed E-state index contributed by atoms with van der Waals surface area (Å²) in [5.74, 6) is 0. The van der Waals surface area contributed by atoms with Gasteiger partial charge in [-0.05, 0) is 0 Å². The molecule has 0 heterocycles. The number of nitrogens with zero attached hydrogens (tertiary/aromatic N) is 1. The van der Waals surface area contributed by atoms with Crippen molar-refractivity contribution >= 4 is 64.0 Å². The zero-order valence-corrected chi connectivity index (χ0v) is 2.29. The summed E-state index contributed by atoms with van der Waals surface area (Å²) < 4.78 is 0. The molecular weight excluding hydrogens is 97.2 g/mol. The Morgan fingerprint density at radius 1 is 2.00 bits per heavy atom. The summed E-state index contributed by atoms with van der Waals surface area (Å²) in [5, 5.41) is 8.63. The molecule has 0 aliphatic carbocycles. The molecule has 18 valence electrons. The average Bonchev–Trinajstić information content (AvgIpc) is 0.918. The Hall–Kier alpha value is 1.48. The van der Waals surface area contributed by atoms with E-state index in [1.54, 1.807) is 0 Å². The number of thiol groups is 1. The second-order valence-corrected chi connectivity index (χ2v) is 0.300. The van der Waals surface area contributed by atoms with Gasteiger partial charge in [-0.15, -0.1) is 0 Å². The molecule has 0 fully saturated rings. The molecule has 0 aromatic rings. The fourth-order valence-electron chi connectivity index (χ4n) is 0. The van der Waals surface area contributed by atoms with Gasteiger partial charge in [-0.25, -0.2) is 0 Å². The van der Waals surface area contributed by atoms with Gasteiger partial charge in [0.05, 0.1) is 0 Å². The molecule has 0 aromatic heterocycles. The zero-order valence-electron chi connectivity index (χ0n) is 2.39. The van der Waals surface area contributed by atoms with Gasteiger partial charge in [-0.2, -0.15) is 5.26 Å². The van der Waals surface area contributed by atoms with Gasteiger partial charge in [0.15, 0.2) is 0 Å². The predicted octanol–water partition coefficient (Wildman–Crippen LogP) is -0.139. The quantitative estimate of drug-likeness (QED) is 0.256. The first kappa shape index (κ1) is 9.08. The van der Waals surface area contributed by atoms with Crippen molar-refractivity contribution in [3.63, 3.8) is 0 Å². The van der Waals surface area contributed by atoms with E-state index in [1.807, 2.05) is 0 Å². The van der Waals surface area contributed by atoms with Crippen LogP contribution in [0.1, 0.15) is 1.43 Å². The molecule has 3 heteroatoms. The standard InChI is InChI=1S/CHNS.K.H/c2-1-3;;/h3H;;/p+1. The van der Waals surface area contributed by atoms with Crippen LogP contribution in [0.5, 0.6) is 0 Å². The van der Waals surface area contributed by atoms with E-state index in [0.717, 1.165) is 0 Å². The fraction of sp³-hybridized carbons (Fsp3) is 0. The molecule has 0 spiro atoms. The molecule has 1 nitrogen and oxygen atoms in total. The SMILES string of the molecule is N#CS.[H+].[KH]. The third kappa shape index (κ3) is 9.78. The molecule has 0 aliphatic heterocycles. The molecule has 0 saturated carbocycles. The van der Waals surface area contributed by atoms with Gasteiger partial charge in [0.2, 0.25) is 0 Å².